The number of halogens is 1. The average Bonchev–Trinajstić information content (AvgIpc) is 2.79. The van der Waals surface area contributed by atoms with Crippen LogP contribution < -0.4 is 4.74 Å². The van der Waals surface area contributed by atoms with E-state index in [1.807, 2.05) is 34.9 Å². The van der Waals surface area contributed by atoms with Crippen molar-refractivity contribution >= 4 is 23.4 Å². The highest BCUT2D eigenvalue weighted by Gasteiger charge is 2.40. The summed E-state index contributed by atoms with van der Waals surface area (Å²) in [5.74, 6) is 1.18. The van der Waals surface area contributed by atoms with Crippen LogP contribution in [0.5, 0.6) is 5.75 Å². The Bertz CT molecular complexity index is 763. The molecule has 1 atom stereocenters. The Morgan fingerprint density at radius 1 is 1.06 bits per heavy atom. The van der Waals surface area contributed by atoms with Gasteiger partial charge < -0.3 is 14.5 Å². The first kappa shape index (κ1) is 23.9. The lowest BCUT2D eigenvalue weighted by molar-refractivity contribution is -0.142. The second-order valence-corrected chi connectivity index (χ2v) is 9.75. The van der Waals surface area contributed by atoms with Crippen LogP contribution in [0, 0.1) is 12.3 Å². The fraction of sp³-hybridized carbons (Fsp3) is 0.680. The summed E-state index contributed by atoms with van der Waals surface area (Å²) in [6.07, 6.45) is 8.13. The molecule has 0 bridgehead atoms. The lowest BCUT2D eigenvalue weighted by atomic mass is 9.77. The van der Waals surface area contributed by atoms with Crippen molar-refractivity contribution in [2.24, 2.45) is 5.41 Å². The number of carbonyl (C=O) groups excluding carboxylic acids is 2. The zero-order chi connectivity index (χ0) is 22.3. The van der Waals surface area contributed by atoms with Crippen LogP contribution in [0.1, 0.15) is 70.3 Å². The summed E-state index contributed by atoms with van der Waals surface area (Å²) in [7, 11) is 0. The molecular formula is C25H37ClN2O3. The number of ether oxygens (including phenoxy) is 1. The number of hydrogen-bond donors (Lipinski definition) is 0. The SMILES string of the molecule is CCCCC(=O)N1CCC[C@](COc2ccc(Cl)c(C)c2)(CC(=O)N2CCCCC2)C1. The van der Waals surface area contributed by atoms with E-state index >= 15 is 0 Å². The molecule has 0 spiro atoms. The van der Waals surface area contributed by atoms with Gasteiger partial charge in [0.05, 0.1) is 6.61 Å². The zero-order valence-corrected chi connectivity index (χ0v) is 19.9. The molecule has 2 aliphatic rings. The molecule has 5 nitrogen and oxygen atoms in total. The zero-order valence-electron chi connectivity index (χ0n) is 19.1. The molecule has 0 saturated carbocycles. The predicted octanol–water partition coefficient (Wildman–Crippen LogP) is 5.23. The van der Waals surface area contributed by atoms with Crippen molar-refractivity contribution in [1.29, 1.82) is 0 Å². The van der Waals surface area contributed by atoms with Crippen LogP contribution in [0.25, 0.3) is 0 Å². The predicted molar refractivity (Wildman–Crippen MR) is 125 cm³/mol. The minimum atomic E-state index is -0.345. The van der Waals surface area contributed by atoms with Gasteiger partial charge in [0.1, 0.15) is 5.75 Å². The molecule has 172 valence electrons. The number of likely N-dealkylation sites (tertiary alicyclic amines) is 2. The van der Waals surface area contributed by atoms with Crippen molar-refractivity contribution in [2.75, 3.05) is 32.8 Å². The first-order chi connectivity index (χ1) is 14.9. The van der Waals surface area contributed by atoms with Gasteiger partial charge in [0.2, 0.25) is 11.8 Å². The maximum atomic E-state index is 13.2. The number of rotatable bonds is 8. The van der Waals surface area contributed by atoms with Crippen LogP contribution >= 0.6 is 11.6 Å². The molecule has 31 heavy (non-hydrogen) atoms. The molecule has 3 rings (SSSR count). The van der Waals surface area contributed by atoms with Crippen molar-refractivity contribution in [3.05, 3.63) is 28.8 Å². The van der Waals surface area contributed by atoms with E-state index < -0.39 is 0 Å². The van der Waals surface area contributed by atoms with Gasteiger partial charge >= 0.3 is 0 Å². The van der Waals surface area contributed by atoms with Crippen molar-refractivity contribution in [1.82, 2.24) is 9.80 Å². The number of benzene rings is 1. The monoisotopic (exact) mass is 448 g/mol. The van der Waals surface area contributed by atoms with E-state index in [1.54, 1.807) is 0 Å². The summed E-state index contributed by atoms with van der Waals surface area (Å²) in [5, 5.41) is 0.715. The van der Waals surface area contributed by atoms with Crippen molar-refractivity contribution in [3.63, 3.8) is 0 Å². The molecular weight excluding hydrogens is 412 g/mol. The summed E-state index contributed by atoms with van der Waals surface area (Å²) in [6.45, 7) is 7.58. The van der Waals surface area contributed by atoms with Crippen LogP contribution in [0.2, 0.25) is 5.02 Å². The van der Waals surface area contributed by atoms with Crippen LogP contribution in [0.3, 0.4) is 0 Å². The second-order valence-electron chi connectivity index (χ2n) is 9.34. The first-order valence-corrected chi connectivity index (χ1v) is 12.2. The van der Waals surface area contributed by atoms with Crippen molar-refractivity contribution < 1.29 is 14.3 Å². The normalized spacial score (nSPS) is 21.8. The van der Waals surface area contributed by atoms with Gasteiger partial charge in [-0.2, -0.15) is 0 Å². The molecule has 0 aromatic heterocycles. The van der Waals surface area contributed by atoms with Gasteiger partial charge in [-0.1, -0.05) is 24.9 Å². The van der Waals surface area contributed by atoms with Crippen LogP contribution in [-0.4, -0.2) is 54.4 Å². The molecule has 0 unspecified atom stereocenters. The fourth-order valence-corrected chi connectivity index (χ4v) is 4.86. The smallest absolute Gasteiger partial charge is 0.223 e. The number of carbonyl (C=O) groups is 2. The van der Waals surface area contributed by atoms with Crippen molar-refractivity contribution in [3.8, 4) is 5.75 Å². The quantitative estimate of drug-likeness (QED) is 0.547. The first-order valence-electron chi connectivity index (χ1n) is 11.9. The third kappa shape index (κ3) is 6.61. The molecule has 1 aromatic rings. The lowest BCUT2D eigenvalue weighted by Crippen LogP contribution is -2.51. The molecule has 0 radical (unpaired) electrons. The van der Waals surface area contributed by atoms with Crippen LogP contribution in [0.4, 0.5) is 0 Å². The van der Waals surface area contributed by atoms with E-state index in [1.165, 1.54) is 6.42 Å². The highest BCUT2D eigenvalue weighted by atomic mass is 35.5. The third-order valence-corrected chi connectivity index (χ3v) is 7.09. The molecule has 2 heterocycles. The van der Waals surface area contributed by atoms with Gasteiger partial charge in [0.15, 0.2) is 0 Å². The van der Waals surface area contributed by atoms with Gasteiger partial charge in [-0.3, -0.25) is 9.59 Å². The number of unbranched alkanes of at least 4 members (excludes halogenated alkanes) is 1. The van der Waals surface area contributed by atoms with Crippen molar-refractivity contribution in [2.45, 2.75) is 71.6 Å². The molecule has 2 amide bonds. The van der Waals surface area contributed by atoms with Crippen LogP contribution in [-0.2, 0) is 9.59 Å². The molecule has 1 aromatic carbocycles. The Kier molecular flexibility index (Phi) is 8.65. The minimum absolute atomic E-state index is 0.207. The van der Waals surface area contributed by atoms with E-state index in [-0.39, 0.29) is 17.2 Å². The molecule has 2 saturated heterocycles. The molecule has 2 fully saturated rings. The fourth-order valence-electron chi connectivity index (χ4n) is 4.74. The topological polar surface area (TPSA) is 49.9 Å². The van der Waals surface area contributed by atoms with E-state index in [0.717, 1.165) is 69.5 Å². The number of hydrogen-bond acceptors (Lipinski definition) is 3. The number of aryl methyl sites for hydroxylation is 1. The molecule has 0 N–H and O–H groups in total. The van der Waals surface area contributed by atoms with E-state index in [0.29, 0.717) is 31.0 Å². The molecule has 2 aliphatic heterocycles. The Hall–Kier alpha value is -1.75. The molecule has 6 heteroatoms. The van der Waals surface area contributed by atoms with Gasteiger partial charge in [-0.25, -0.2) is 0 Å². The lowest BCUT2D eigenvalue weighted by Gasteiger charge is -2.43. The van der Waals surface area contributed by atoms with Crippen LogP contribution in [0.15, 0.2) is 18.2 Å². The number of piperidine rings is 2. The largest absolute Gasteiger partial charge is 0.493 e. The summed E-state index contributed by atoms with van der Waals surface area (Å²) in [5.41, 5.74) is 0.625. The Morgan fingerprint density at radius 3 is 2.52 bits per heavy atom. The van der Waals surface area contributed by atoms with E-state index in [9.17, 15) is 9.59 Å². The third-order valence-electron chi connectivity index (χ3n) is 6.67. The number of nitrogens with zero attached hydrogens (tertiary/aromatic N) is 2. The average molecular weight is 449 g/mol. The van der Waals surface area contributed by atoms with Gasteiger partial charge in [-0.15, -0.1) is 0 Å². The maximum absolute atomic E-state index is 13.2. The Morgan fingerprint density at radius 2 is 1.81 bits per heavy atom. The highest BCUT2D eigenvalue weighted by molar-refractivity contribution is 6.31. The summed E-state index contributed by atoms with van der Waals surface area (Å²) < 4.78 is 6.21. The summed E-state index contributed by atoms with van der Waals surface area (Å²) in [6, 6.07) is 5.66. The number of amides is 2. The Labute approximate surface area is 192 Å². The van der Waals surface area contributed by atoms with Gasteiger partial charge in [-0.05, 0) is 69.2 Å². The van der Waals surface area contributed by atoms with E-state index in [4.69, 9.17) is 16.3 Å². The van der Waals surface area contributed by atoms with E-state index in [2.05, 4.69) is 6.92 Å². The maximum Gasteiger partial charge on any atom is 0.223 e. The second kappa shape index (κ2) is 11.2. The Balaban J connectivity index is 1.74. The minimum Gasteiger partial charge on any atom is -0.493 e. The van der Waals surface area contributed by atoms with Gasteiger partial charge in [0, 0.05) is 49.5 Å². The summed E-state index contributed by atoms with van der Waals surface area (Å²) >= 11 is 6.16. The molecule has 0 aliphatic carbocycles. The highest BCUT2D eigenvalue weighted by Crippen LogP contribution is 2.36. The standard InChI is InChI=1S/C25H37ClN2O3/c1-3-4-9-23(29)28-15-8-12-25(18-28,17-24(30)27-13-6-5-7-14-27)19-31-21-10-11-22(26)20(2)16-21/h10-11,16H,3-9,12-15,17-19H2,1-2H3/t25-/m0/s1. The van der Waals surface area contributed by atoms with Gasteiger partial charge in [0.25, 0.3) is 0 Å². The summed E-state index contributed by atoms with van der Waals surface area (Å²) in [4.78, 5) is 29.9.